The van der Waals surface area contributed by atoms with Gasteiger partial charge < -0.3 is 15.3 Å². The third kappa shape index (κ3) is 3.70. The highest BCUT2D eigenvalue weighted by Gasteiger charge is 2.30. The molecule has 1 atom stereocenters. The minimum Gasteiger partial charge on any atom is -0.480 e. The van der Waals surface area contributed by atoms with Crippen molar-refractivity contribution in [2.24, 2.45) is 0 Å². The van der Waals surface area contributed by atoms with Crippen LogP contribution in [0.3, 0.4) is 0 Å². The first-order valence-electron chi connectivity index (χ1n) is 6.47. The fourth-order valence-electron chi connectivity index (χ4n) is 2.28. The van der Waals surface area contributed by atoms with Gasteiger partial charge in [-0.2, -0.15) is 11.3 Å². The van der Waals surface area contributed by atoms with E-state index in [0.717, 1.165) is 24.8 Å². The second-order valence-electron chi connectivity index (χ2n) is 4.69. The van der Waals surface area contributed by atoms with Gasteiger partial charge in [0.15, 0.2) is 0 Å². The van der Waals surface area contributed by atoms with Gasteiger partial charge in [-0.05, 0) is 35.2 Å². The average Bonchev–Trinajstić information content (AvgIpc) is 2.77. The number of hydrogen-bond acceptors (Lipinski definition) is 3. The Morgan fingerprint density at radius 1 is 1.42 bits per heavy atom. The SMILES string of the molecule is O=C(O)C1CCCCCN1C(=O)NCc1ccsc1. The Bertz CT molecular complexity index is 433. The maximum atomic E-state index is 12.1. The van der Waals surface area contributed by atoms with E-state index in [4.69, 9.17) is 0 Å². The van der Waals surface area contributed by atoms with E-state index in [1.165, 1.54) is 4.90 Å². The van der Waals surface area contributed by atoms with Crippen LogP contribution >= 0.6 is 11.3 Å². The maximum Gasteiger partial charge on any atom is 0.326 e. The molecule has 0 radical (unpaired) electrons. The maximum absolute atomic E-state index is 12.1. The number of carboxylic acids is 1. The van der Waals surface area contributed by atoms with Crippen LogP contribution in [0.1, 0.15) is 31.2 Å². The van der Waals surface area contributed by atoms with Gasteiger partial charge >= 0.3 is 12.0 Å². The van der Waals surface area contributed by atoms with Gasteiger partial charge in [-0.1, -0.05) is 12.8 Å². The lowest BCUT2D eigenvalue weighted by Gasteiger charge is -2.27. The predicted molar refractivity (Wildman–Crippen MR) is 73.2 cm³/mol. The number of rotatable bonds is 3. The summed E-state index contributed by atoms with van der Waals surface area (Å²) in [6, 6.07) is 0.979. The van der Waals surface area contributed by atoms with Gasteiger partial charge in [0.05, 0.1) is 0 Å². The number of aliphatic carboxylic acids is 1. The van der Waals surface area contributed by atoms with Crippen molar-refractivity contribution < 1.29 is 14.7 Å². The summed E-state index contributed by atoms with van der Waals surface area (Å²) in [7, 11) is 0. The van der Waals surface area contributed by atoms with Crippen molar-refractivity contribution >= 4 is 23.3 Å². The fraction of sp³-hybridized carbons (Fsp3) is 0.538. The molecule has 2 amide bonds. The smallest absolute Gasteiger partial charge is 0.326 e. The van der Waals surface area contributed by atoms with E-state index in [9.17, 15) is 14.7 Å². The fourth-order valence-corrected chi connectivity index (χ4v) is 2.95. The van der Waals surface area contributed by atoms with E-state index >= 15 is 0 Å². The highest BCUT2D eigenvalue weighted by molar-refractivity contribution is 7.07. The summed E-state index contributed by atoms with van der Waals surface area (Å²) in [5.41, 5.74) is 1.04. The minimum absolute atomic E-state index is 0.277. The van der Waals surface area contributed by atoms with Crippen molar-refractivity contribution in [1.82, 2.24) is 10.2 Å². The topological polar surface area (TPSA) is 69.6 Å². The first-order chi connectivity index (χ1) is 9.18. The molecule has 0 spiro atoms. The summed E-state index contributed by atoms with van der Waals surface area (Å²) in [6.45, 7) is 0.970. The van der Waals surface area contributed by atoms with Crippen LogP contribution in [-0.4, -0.2) is 34.6 Å². The largest absolute Gasteiger partial charge is 0.480 e. The monoisotopic (exact) mass is 282 g/mol. The van der Waals surface area contributed by atoms with Crippen molar-refractivity contribution in [1.29, 1.82) is 0 Å². The number of amides is 2. The Morgan fingerprint density at radius 2 is 2.26 bits per heavy atom. The third-order valence-corrected chi connectivity index (χ3v) is 4.05. The van der Waals surface area contributed by atoms with Crippen molar-refractivity contribution in [3.63, 3.8) is 0 Å². The number of carboxylic acid groups (broad SMARTS) is 1. The van der Waals surface area contributed by atoms with E-state index in [2.05, 4.69) is 5.32 Å². The summed E-state index contributed by atoms with van der Waals surface area (Å²) < 4.78 is 0. The van der Waals surface area contributed by atoms with Gasteiger partial charge in [0.25, 0.3) is 0 Å². The van der Waals surface area contributed by atoms with E-state index in [-0.39, 0.29) is 6.03 Å². The quantitative estimate of drug-likeness (QED) is 0.893. The molecule has 104 valence electrons. The normalized spacial score (nSPS) is 19.8. The molecule has 0 bridgehead atoms. The molecule has 2 heterocycles. The second-order valence-corrected chi connectivity index (χ2v) is 5.47. The molecule has 2 N–H and O–H groups in total. The van der Waals surface area contributed by atoms with E-state index < -0.39 is 12.0 Å². The van der Waals surface area contributed by atoms with Crippen LogP contribution in [0.4, 0.5) is 4.79 Å². The number of nitrogens with one attached hydrogen (secondary N) is 1. The molecule has 1 saturated heterocycles. The first-order valence-corrected chi connectivity index (χ1v) is 7.41. The Balaban J connectivity index is 1.96. The molecule has 0 aliphatic carbocycles. The van der Waals surface area contributed by atoms with E-state index in [1.54, 1.807) is 11.3 Å². The summed E-state index contributed by atoms with van der Waals surface area (Å²) in [4.78, 5) is 24.8. The molecular weight excluding hydrogens is 264 g/mol. The molecule has 2 rings (SSSR count). The van der Waals surface area contributed by atoms with Crippen LogP contribution < -0.4 is 5.32 Å². The Hall–Kier alpha value is -1.56. The molecule has 5 nitrogen and oxygen atoms in total. The van der Waals surface area contributed by atoms with E-state index in [0.29, 0.717) is 19.5 Å². The highest BCUT2D eigenvalue weighted by atomic mass is 32.1. The molecule has 1 unspecified atom stereocenters. The lowest BCUT2D eigenvalue weighted by Crippen LogP contribution is -2.49. The highest BCUT2D eigenvalue weighted by Crippen LogP contribution is 2.17. The molecule has 1 aromatic heterocycles. The van der Waals surface area contributed by atoms with Crippen LogP contribution in [0.25, 0.3) is 0 Å². The molecular formula is C13H18N2O3S. The van der Waals surface area contributed by atoms with Crippen LogP contribution in [0.2, 0.25) is 0 Å². The molecule has 1 aromatic rings. The predicted octanol–water partition coefficient (Wildman–Crippen LogP) is 2.29. The van der Waals surface area contributed by atoms with E-state index in [1.807, 2.05) is 16.8 Å². The molecule has 1 aliphatic rings. The van der Waals surface area contributed by atoms with Crippen molar-refractivity contribution in [3.05, 3.63) is 22.4 Å². The summed E-state index contributed by atoms with van der Waals surface area (Å²) in [5, 5.41) is 15.9. The van der Waals surface area contributed by atoms with Gasteiger partial charge in [-0.3, -0.25) is 0 Å². The van der Waals surface area contributed by atoms with Gasteiger partial charge in [0.1, 0.15) is 6.04 Å². The van der Waals surface area contributed by atoms with Crippen molar-refractivity contribution in [2.45, 2.75) is 38.3 Å². The first kappa shape index (κ1) is 13.9. The molecule has 19 heavy (non-hydrogen) atoms. The average molecular weight is 282 g/mol. The molecule has 1 aliphatic heterocycles. The van der Waals surface area contributed by atoms with Crippen LogP contribution in [0, 0.1) is 0 Å². The number of hydrogen-bond donors (Lipinski definition) is 2. The zero-order valence-electron chi connectivity index (χ0n) is 10.7. The number of likely N-dealkylation sites (tertiary alicyclic amines) is 1. The zero-order valence-corrected chi connectivity index (χ0v) is 11.5. The molecule has 0 saturated carbocycles. The summed E-state index contributed by atoms with van der Waals surface area (Å²) >= 11 is 1.58. The molecule has 1 fully saturated rings. The number of urea groups is 1. The minimum atomic E-state index is -0.910. The van der Waals surface area contributed by atoms with Gasteiger partial charge in [-0.15, -0.1) is 0 Å². The Kier molecular flexibility index (Phi) is 4.79. The van der Waals surface area contributed by atoms with Crippen LogP contribution in [0.15, 0.2) is 16.8 Å². The zero-order chi connectivity index (χ0) is 13.7. The second kappa shape index (κ2) is 6.56. The summed E-state index contributed by atoms with van der Waals surface area (Å²) in [6.07, 6.45) is 3.26. The van der Waals surface area contributed by atoms with Crippen LogP contribution in [-0.2, 0) is 11.3 Å². The summed E-state index contributed by atoms with van der Waals surface area (Å²) in [5.74, 6) is -0.910. The Morgan fingerprint density at radius 3 is 2.95 bits per heavy atom. The number of thiophene rings is 1. The molecule has 6 heteroatoms. The van der Waals surface area contributed by atoms with Gasteiger partial charge in [0, 0.05) is 13.1 Å². The number of carbonyl (C=O) groups is 2. The van der Waals surface area contributed by atoms with Gasteiger partial charge in [0.2, 0.25) is 0 Å². The lowest BCUT2D eigenvalue weighted by molar-refractivity contribution is -0.142. The van der Waals surface area contributed by atoms with Crippen molar-refractivity contribution in [3.8, 4) is 0 Å². The van der Waals surface area contributed by atoms with Crippen molar-refractivity contribution in [2.75, 3.05) is 6.54 Å². The Labute approximate surface area is 116 Å². The third-order valence-electron chi connectivity index (χ3n) is 3.32. The van der Waals surface area contributed by atoms with Crippen LogP contribution in [0.5, 0.6) is 0 Å². The molecule has 0 aromatic carbocycles. The standard InChI is InChI=1S/C13H18N2O3S/c16-12(17)11-4-2-1-3-6-15(11)13(18)14-8-10-5-7-19-9-10/h5,7,9,11H,1-4,6,8H2,(H,14,18)(H,16,17). The number of carbonyl (C=O) groups excluding carboxylic acids is 1. The number of nitrogens with zero attached hydrogens (tertiary/aromatic N) is 1. The lowest BCUT2D eigenvalue weighted by atomic mass is 10.1. The van der Waals surface area contributed by atoms with Gasteiger partial charge in [-0.25, -0.2) is 9.59 Å².